The summed E-state index contributed by atoms with van der Waals surface area (Å²) < 4.78 is 2.45. The van der Waals surface area contributed by atoms with Crippen LogP contribution in [0.4, 0.5) is 5.69 Å². The first kappa shape index (κ1) is 21.8. The lowest BCUT2D eigenvalue weighted by Crippen LogP contribution is -2.37. The third kappa shape index (κ3) is 4.48. The first-order valence-electron chi connectivity index (χ1n) is 9.76. The van der Waals surface area contributed by atoms with Crippen LogP contribution in [0.2, 0.25) is 0 Å². The number of nitrogens with zero attached hydrogens (tertiary/aromatic N) is 3. The van der Waals surface area contributed by atoms with Gasteiger partial charge in [0.25, 0.3) is 5.56 Å². The molecule has 3 rings (SSSR count). The van der Waals surface area contributed by atoms with E-state index in [0.29, 0.717) is 21.8 Å². The molecule has 7 nitrogen and oxygen atoms in total. The molecular weight excluding hydrogens is 400 g/mol. The van der Waals surface area contributed by atoms with Crippen LogP contribution >= 0.6 is 11.8 Å². The van der Waals surface area contributed by atoms with Crippen LogP contribution < -0.4 is 16.6 Å². The predicted octanol–water partition coefficient (Wildman–Crippen LogP) is 2.87. The molecule has 1 aromatic carbocycles. The van der Waals surface area contributed by atoms with E-state index in [1.54, 1.807) is 13.2 Å². The fourth-order valence-corrected chi connectivity index (χ4v) is 4.26. The Morgan fingerprint density at radius 3 is 2.43 bits per heavy atom. The highest BCUT2D eigenvalue weighted by Gasteiger charge is 2.19. The minimum Gasteiger partial charge on any atom is -0.325 e. The van der Waals surface area contributed by atoms with Crippen molar-refractivity contribution in [3.05, 3.63) is 62.4 Å². The first-order valence-corrected chi connectivity index (χ1v) is 10.7. The number of fused-ring (bicyclic) bond motifs is 1. The van der Waals surface area contributed by atoms with Gasteiger partial charge in [0.1, 0.15) is 5.65 Å². The second-order valence-electron chi connectivity index (χ2n) is 7.82. The number of carbonyl (C=O) groups excluding carboxylic acids is 1. The van der Waals surface area contributed by atoms with Crippen LogP contribution in [0, 0.1) is 12.8 Å². The highest BCUT2D eigenvalue weighted by atomic mass is 32.2. The molecule has 0 aliphatic carbocycles. The SMILES string of the molecule is Cc1ccc(NC(=O)CSc2c(CC(C)C)cnc3c2c(=O)n(C)c(=O)n3C)cc1. The number of amides is 1. The van der Waals surface area contributed by atoms with Gasteiger partial charge in [-0.15, -0.1) is 11.8 Å². The predicted molar refractivity (Wildman–Crippen MR) is 121 cm³/mol. The van der Waals surface area contributed by atoms with Gasteiger partial charge in [-0.1, -0.05) is 31.5 Å². The standard InChI is InChI=1S/C22H26N4O3S/c1-13(2)10-15-11-23-20-18(21(28)26(5)22(29)25(20)4)19(15)30-12-17(27)24-16-8-6-14(3)7-9-16/h6-9,11,13H,10,12H2,1-5H3,(H,24,27). The average Bonchev–Trinajstić information content (AvgIpc) is 2.70. The van der Waals surface area contributed by atoms with Crippen molar-refractivity contribution in [2.24, 2.45) is 20.0 Å². The Morgan fingerprint density at radius 2 is 1.80 bits per heavy atom. The normalized spacial score (nSPS) is 11.3. The smallest absolute Gasteiger partial charge is 0.325 e. The van der Waals surface area contributed by atoms with Gasteiger partial charge in [-0.05, 0) is 37.0 Å². The lowest BCUT2D eigenvalue weighted by Gasteiger charge is -2.15. The summed E-state index contributed by atoms with van der Waals surface area (Å²) in [5.74, 6) is 0.330. The maximum atomic E-state index is 12.9. The van der Waals surface area contributed by atoms with Crippen LogP contribution in [0.5, 0.6) is 0 Å². The quantitative estimate of drug-likeness (QED) is 0.613. The van der Waals surface area contributed by atoms with Gasteiger partial charge in [0.05, 0.1) is 11.1 Å². The highest BCUT2D eigenvalue weighted by Crippen LogP contribution is 2.29. The number of aryl methyl sites for hydroxylation is 2. The minimum absolute atomic E-state index is 0.143. The minimum atomic E-state index is -0.426. The lowest BCUT2D eigenvalue weighted by atomic mass is 10.0. The maximum Gasteiger partial charge on any atom is 0.332 e. The van der Waals surface area contributed by atoms with E-state index < -0.39 is 11.2 Å². The van der Waals surface area contributed by atoms with Crippen LogP contribution in [0.1, 0.15) is 25.0 Å². The van der Waals surface area contributed by atoms with E-state index in [-0.39, 0.29) is 11.7 Å². The fraction of sp³-hybridized carbons (Fsp3) is 0.364. The Labute approximate surface area is 179 Å². The molecule has 0 bridgehead atoms. The van der Waals surface area contributed by atoms with Crippen LogP contribution in [-0.2, 0) is 25.3 Å². The van der Waals surface area contributed by atoms with Gasteiger partial charge in [0.15, 0.2) is 0 Å². The number of hydrogen-bond acceptors (Lipinski definition) is 5. The van der Waals surface area contributed by atoms with Crippen LogP contribution in [-0.4, -0.2) is 25.8 Å². The summed E-state index contributed by atoms with van der Waals surface area (Å²) in [5.41, 5.74) is 2.26. The molecular formula is C22H26N4O3S. The Kier molecular flexibility index (Phi) is 6.45. The van der Waals surface area contributed by atoms with Crippen molar-refractivity contribution in [3.63, 3.8) is 0 Å². The summed E-state index contributed by atoms with van der Waals surface area (Å²) in [6.45, 7) is 6.16. The third-order valence-electron chi connectivity index (χ3n) is 4.81. The van der Waals surface area contributed by atoms with E-state index in [1.807, 2.05) is 31.2 Å². The average molecular weight is 427 g/mol. The molecule has 158 valence electrons. The van der Waals surface area contributed by atoms with Crippen molar-refractivity contribution < 1.29 is 4.79 Å². The van der Waals surface area contributed by atoms with Gasteiger partial charge in [0, 0.05) is 30.9 Å². The highest BCUT2D eigenvalue weighted by molar-refractivity contribution is 8.00. The fourth-order valence-electron chi connectivity index (χ4n) is 3.26. The molecule has 1 N–H and O–H groups in total. The molecule has 0 unspecified atom stereocenters. The molecule has 0 spiro atoms. The van der Waals surface area contributed by atoms with Gasteiger partial charge >= 0.3 is 5.69 Å². The molecule has 3 aromatic rings. The van der Waals surface area contributed by atoms with Crippen molar-refractivity contribution in [3.8, 4) is 0 Å². The maximum absolute atomic E-state index is 12.9. The van der Waals surface area contributed by atoms with Gasteiger partial charge in [-0.3, -0.25) is 18.7 Å². The van der Waals surface area contributed by atoms with Crippen molar-refractivity contribution in [2.45, 2.75) is 32.1 Å². The monoisotopic (exact) mass is 426 g/mol. The molecule has 0 saturated heterocycles. The molecule has 2 aromatic heterocycles. The number of aromatic nitrogens is 3. The Morgan fingerprint density at radius 1 is 1.13 bits per heavy atom. The Hall–Kier alpha value is -2.87. The van der Waals surface area contributed by atoms with Gasteiger partial charge in [-0.2, -0.15) is 0 Å². The first-order chi connectivity index (χ1) is 14.2. The zero-order chi connectivity index (χ0) is 22.0. The summed E-state index contributed by atoms with van der Waals surface area (Å²) >= 11 is 1.31. The number of pyridine rings is 1. The van der Waals surface area contributed by atoms with Crippen molar-refractivity contribution in [2.75, 3.05) is 11.1 Å². The van der Waals surface area contributed by atoms with E-state index >= 15 is 0 Å². The van der Waals surface area contributed by atoms with Crippen molar-refractivity contribution in [1.82, 2.24) is 14.1 Å². The van der Waals surface area contributed by atoms with E-state index in [2.05, 4.69) is 24.1 Å². The van der Waals surface area contributed by atoms with Gasteiger partial charge in [-0.25, -0.2) is 9.78 Å². The third-order valence-corrected chi connectivity index (χ3v) is 5.97. The van der Waals surface area contributed by atoms with Gasteiger partial charge < -0.3 is 5.32 Å². The van der Waals surface area contributed by atoms with Crippen LogP contribution in [0.3, 0.4) is 0 Å². The zero-order valence-corrected chi connectivity index (χ0v) is 18.7. The summed E-state index contributed by atoms with van der Waals surface area (Å²) in [4.78, 5) is 42.8. The number of carbonyl (C=O) groups is 1. The second kappa shape index (κ2) is 8.87. The van der Waals surface area contributed by atoms with Crippen molar-refractivity contribution >= 4 is 34.4 Å². The summed E-state index contributed by atoms with van der Waals surface area (Å²) in [7, 11) is 3.05. The Balaban J connectivity index is 1.99. The molecule has 0 radical (unpaired) electrons. The summed E-state index contributed by atoms with van der Waals surface area (Å²) in [6.07, 6.45) is 2.43. The number of anilines is 1. The number of benzene rings is 1. The molecule has 0 aliphatic heterocycles. The van der Waals surface area contributed by atoms with E-state index in [4.69, 9.17) is 0 Å². The number of thioether (sulfide) groups is 1. The zero-order valence-electron chi connectivity index (χ0n) is 17.9. The molecule has 8 heteroatoms. The number of rotatable bonds is 6. The Bertz CT molecular complexity index is 1210. The second-order valence-corrected chi connectivity index (χ2v) is 8.80. The van der Waals surface area contributed by atoms with Crippen LogP contribution in [0.25, 0.3) is 11.0 Å². The summed E-state index contributed by atoms with van der Waals surface area (Å²) in [6, 6.07) is 7.58. The lowest BCUT2D eigenvalue weighted by molar-refractivity contribution is -0.113. The van der Waals surface area contributed by atoms with E-state index in [9.17, 15) is 14.4 Å². The largest absolute Gasteiger partial charge is 0.332 e. The molecule has 0 saturated carbocycles. The summed E-state index contributed by atoms with van der Waals surface area (Å²) in [5, 5.41) is 3.26. The topological polar surface area (TPSA) is 86.0 Å². The molecule has 30 heavy (non-hydrogen) atoms. The van der Waals surface area contributed by atoms with Crippen molar-refractivity contribution in [1.29, 1.82) is 0 Å². The van der Waals surface area contributed by atoms with Crippen LogP contribution in [0.15, 0.2) is 44.9 Å². The van der Waals surface area contributed by atoms with E-state index in [1.165, 1.54) is 23.4 Å². The molecule has 0 atom stereocenters. The molecule has 0 fully saturated rings. The molecule has 0 aliphatic rings. The van der Waals surface area contributed by atoms with Gasteiger partial charge in [0.2, 0.25) is 5.91 Å². The molecule has 2 heterocycles. The molecule has 1 amide bonds. The van der Waals surface area contributed by atoms with E-state index in [0.717, 1.165) is 27.8 Å². The number of hydrogen-bond donors (Lipinski definition) is 1. The number of nitrogens with one attached hydrogen (secondary N) is 1.